The van der Waals surface area contributed by atoms with Gasteiger partial charge in [-0.3, -0.25) is 9.59 Å². The monoisotopic (exact) mass is 381 g/mol. The average molecular weight is 381 g/mol. The second kappa shape index (κ2) is 7.94. The first-order valence-corrected chi connectivity index (χ1v) is 9.42. The highest BCUT2D eigenvalue weighted by Crippen LogP contribution is 2.39. The first kappa shape index (κ1) is 19.8. The zero-order chi connectivity index (χ0) is 20.4. The topological polar surface area (TPSA) is 76.2 Å². The van der Waals surface area contributed by atoms with Gasteiger partial charge in [-0.1, -0.05) is 17.7 Å². The molecule has 0 radical (unpaired) electrons. The molecule has 0 saturated carbocycles. The summed E-state index contributed by atoms with van der Waals surface area (Å²) in [7, 11) is 4.00. The van der Waals surface area contributed by atoms with Gasteiger partial charge in [0, 0.05) is 17.2 Å². The van der Waals surface area contributed by atoms with Crippen molar-refractivity contribution < 1.29 is 24.6 Å². The quantitative estimate of drug-likeness (QED) is 0.454. The predicted octanol–water partition coefficient (Wildman–Crippen LogP) is 0.684. The van der Waals surface area contributed by atoms with Crippen LogP contribution in [0, 0.1) is 13.8 Å². The van der Waals surface area contributed by atoms with Crippen LogP contribution in [0.2, 0.25) is 0 Å². The number of carbonyl (C=O) groups is 2. The zero-order valence-corrected chi connectivity index (χ0v) is 16.7. The highest BCUT2D eigenvalue weighted by atomic mass is 16.3. The summed E-state index contributed by atoms with van der Waals surface area (Å²) in [5, 5.41) is 11.1. The van der Waals surface area contributed by atoms with Crippen molar-refractivity contribution in [1.29, 1.82) is 0 Å². The number of pyridine rings is 1. The number of Topliss-reactive ketones (excluding diaryl/α,β-unsaturated/α-hetero) is 1. The summed E-state index contributed by atoms with van der Waals surface area (Å²) < 4.78 is 0. The Bertz CT molecular complexity index is 935. The summed E-state index contributed by atoms with van der Waals surface area (Å²) >= 11 is 0. The Labute approximate surface area is 165 Å². The van der Waals surface area contributed by atoms with Crippen LogP contribution < -0.4 is 9.88 Å². The van der Waals surface area contributed by atoms with Crippen molar-refractivity contribution in [3.8, 4) is 0 Å². The molecule has 146 valence electrons. The van der Waals surface area contributed by atoms with E-state index in [0.29, 0.717) is 18.7 Å². The van der Waals surface area contributed by atoms with Crippen LogP contribution in [0.1, 0.15) is 28.3 Å². The molecule has 1 aliphatic heterocycles. The van der Waals surface area contributed by atoms with Crippen LogP contribution in [0.5, 0.6) is 0 Å². The molecular weight excluding hydrogens is 354 g/mol. The Morgan fingerprint density at radius 2 is 1.96 bits per heavy atom. The highest BCUT2D eigenvalue weighted by molar-refractivity contribution is 6.46. The van der Waals surface area contributed by atoms with Gasteiger partial charge in [0.2, 0.25) is 0 Å². The standard InChI is InChI=1S/C22H25N3O3/c1-14-7-8-15(2)17(12-14)20(26)18-19(16-6-5-9-23-13-16)25(11-10-24(3)4)22(28)21(18)27/h5-9,12-13,19,26H,10-11H2,1-4H3/p+2. The number of amides is 1. The lowest BCUT2D eigenvalue weighted by Gasteiger charge is -2.24. The Hall–Kier alpha value is -2.99. The molecule has 0 aliphatic carbocycles. The third-order valence-electron chi connectivity index (χ3n) is 5.09. The van der Waals surface area contributed by atoms with E-state index in [0.717, 1.165) is 16.7 Å². The number of aromatic nitrogens is 1. The molecule has 0 spiro atoms. The van der Waals surface area contributed by atoms with Gasteiger partial charge in [-0.2, -0.15) is 0 Å². The molecule has 1 atom stereocenters. The van der Waals surface area contributed by atoms with E-state index in [4.69, 9.17) is 0 Å². The van der Waals surface area contributed by atoms with Gasteiger partial charge in [-0.25, -0.2) is 4.98 Å². The number of hydrogen-bond donors (Lipinski definition) is 2. The van der Waals surface area contributed by atoms with Gasteiger partial charge in [0.15, 0.2) is 12.4 Å². The molecule has 1 unspecified atom stereocenters. The molecule has 3 N–H and O–H groups in total. The lowest BCUT2D eigenvalue weighted by atomic mass is 9.94. The average Bonchev–Trinajstić information content (AvgIpc) is 2.93. The molecule has 2 aromatic rings. The number of nitrogens with zero attached hydrogens (tertiary/aromatic N) is 1. The second-order valence-corrected chi connectivity index (χ2v) is 7.60. The van der Waals surface area contributed by atoms with Crippen LogP contribution in [0.4, 0.5) is 0 Å². The lowest BCUT2D eigenvalue weighted by Crippen LogP contribution is -3.06. The number of aromatic amines is 1. The smallest absolute Gasteiger partial charge is 0.295 e. The number of quaternary nitrogens is 1. The first-order chi connectivity index (χ1) is 13.3. The molecular formula is C22H27N3O3+2. The minimum atomic E-state index is -0.638. The number of H-pyrrole nitrogens is 1. The first-order valence-electron chi connectivity index (χ1n) is 9.42. The van der Waals surface area contributed by atoms with Crippen molar-refractivity contribution in [3.63, 3.8) is 0 Å². The molecule has 1 amide bonds. The maximum absolute atomic E-state index is 12.9. The largest absolute Gasteiger partial charge is 0.507 e. The molecule has 6 heteroatoms. The summed E-state index contributed by atoms with van der Waals surface area (Å²) in [5.41, 5.74) is 3.32. The molecule has 3 rings (SSSR count). The SMILES string of the molecule is Cc1ccc(C)c(C(O)=C2C(=O)C(=O)N(CC[NH+](C)C)C2c2ccc[nH+]c2)c1. The molecule has 1 saturated heterocycles. The number of likely N-dealkylation sites (tertiary alicyclic amines) is 1. The number of nitrogens with one attached hydrogen (secondary N) is 2. The van der Waals surface area contributed by atoms with Crippen LogP contribution >= 0.6 is 0 Å². The summed E-state index contributed by atoms with van der Waals surface area (Å²) in [6, 6.07) is 8.77. The number of benzene rings is 1. The van der Waals surface area contributed by atoms with Gasteiger partial charge in [0.25, 0.3) is 11.7 Å². The summed E-state index contributed by atoms with van der Waals surface area (Å²) in [5.74, 6) is -1.32. The van der Waals surface area contributed by atoms with Crippen LogP contribution in [0.15, 0.2) is 48.3 Å². The molecule has 28 heavy (non-hydrogen) atoms. The van der Waals surface area contributed by atoms with E-state index >= 15 is 0 Å². The number of rotatable bonds is 5. The number of aryl methyl sites for hydroxylation is 2. The Balaban J connectivity index is 2.18. The van der Waals surface area contributed by atoms with Crippen molar-refractivity contribution in [2.24, 2.45) is 0 Å². The fraction of sp³-hybridized carbons (Fsp3) is 0.318. The van der Waals surface area contributed by atoms with E-state index in [9.17, 15) is 14.7 Å². The lowest BCUT2D eigenvalue weighted by molar-refractivity contribution is -0.857. The van der Waals surface area contributed by atoms with E-state index in [1.807, 2.05) is 58.3 Å². The van der Waals surface area contributed by atoms with Crippen LogP contribution in [0.25, 0.3) is 5.76 Å². The molecule has 1 fully saturated rings. The van der Waals surface area contributed by atoms with E-state index in [2.05, 4.69) is 4.98 Å². The minimum Gasteiger partial charge on any atom is -0.507 e. The van der Waals surface area contributed by atoms with Gasteiger partial charge in [0.05, 0.1) is 38.8 Å². The molecule has 1 aromatic carbocycles. The van der Waals surface area contributed by atoms with Crippen molar-refractivity contribution >= 4 is 17.4 Å². The maximum atomic E-state index is 12.9. The fourth-order valence-corrected chi connectivity index (χ4v) is 3.51. The molecule has 2 heterocycles. The Kier molecular flexibility index (Phi) is 5.61. The molecule has 1 aliphatic rings. The summed E-state index contributed by atoms with van der Waals surface area (Å²) in [6.07, 6.45) is 3.53. The van der Waals surface area contributed by atoms with Gasteiger partial charge in [0.1, 0.15) is 5.76 Å². The van der Waals surface area contributed by atoms with Crippen molar-refractivity contribution in [2.45, 2.75) is 19.9 Å². The van der Waals surface area contributed by atoms with Crippen LogP contribution in [0.3, 0.4) is 0 Å². The van der Waals surface area contributed by atoms with Crippen molar-refractivity contribution in [1.82, 2.24) is 4.90 Å². The highest BCUT2D eigenvalue weighted by Gasteiger charge is 2.46. The number of ketones is 1. The van der Waals surface area contributed by atoms with Crippen LogP contribution in [-0.4, -0.2) is 48.9 Å². The third kappa shape index (κ3) is 3.68. The second-order valence-electron chi connectivity index (χ2n) is 7.60. The van der Waals surface area contributed by atoms with Crippen LogP contribution in [-0.2, 0) is 9.59 Å². The predicted molar refractivity (Wildman–Crippen MR) is 106 cm³/mol. The summed E-state index contributed by atoms with van der Waals surface area (Å²) in [6.45, 7) is 4.93. The van der Waals surface area contributed by atoms with Crippen molar-refractivity contribution in [2.75, 3.05) is 27.2 Å². The number of hydrogen-bond acceptors (Lipinski definition) is 3. The van der Waals surface area contributed by atoms with Gasteiger partial charge in [-0.15, -0.1) is 0 Å². The maximum Gasteiger partial charge on any atom is 0.295 e. The Morgan fingerprint density at radius 1 is 1.21 bits per heavy atom. The Morgan fingerprint density at radius 3 is 2.61 bits per heavy atom. The fourth-order valence-electron chi connectivity index (χ4n) is 3.51. The summed E-state index contributed by atoms with van der Waals surface area (Å²) in [4.78, 5) is 31.5. The van der Waals surface area contributed by atoms with Gasteiger partial charge in [-0.05, 0) is 31.5 Å². The van der Waals surface area contributed by atoms with Gasteiger partial charge < -0.3 is 14.9 Å². The molecule has 1 aromatic heterocycles. The zero-order valence-electron chi connectivity index (χ0n) is 16.7. The normalized spacial score (nSPS) is 18.9. The van der Waals surface area contributed by atoms with E-state index < -0.39 is 17.7 Å². The number of aliphatic hydroxyl groups excluding tert-OH is 1. The minimum absolute atomic E-state index is 0.117. The number of carbonyl (C=O) groups excluding carboxylic acids is 2. The van der Waals surface area contributed by atoms with E-state index in [1.54, 1.807) is 17.3 Å². The third-order valence-corrected chi connectivity index (χ3v) is 5.09. The molecule has 0 bridgehead atoms. The number of aliphatic hydroxyl groups is 1. The van der Waals surface area contributed by atoms with Gasteiger partial charge >= 0.3 is 0 Å². The van der Waals surface area contributed by atoms with E-state index in [1.165, 1.54) is 4.90 Å². The van der Waals surface area contributed by atoms with Crippen molar-refractivity contribution in [3.05, 3.63) is 70.6 Å². The molecule has 6 nitrogen and oxygen atoms in total. The van der Waals surface area contributed by atoms with E-state index in [-0.39, 0.29) is 11.3 Å². The number of likely N-dealkylation sites (N-methyl/N-ethyl adjacent to an activating group) is 1.